The third-order valence-electron chi connectivity index (χ3n) is 5.76. The second kappa shape index (κ2) is 16.3. The Balaban J connectivity index is 0.000000211. The predicted octanol–water partition coefficient (Wildman–Crippen LogP) is 4.66. The molecule has 204 valence electrons. The van der Waals surface area contributed by atoms with Crippen LogP contribution in [0.15, 0.2) is 72.9 Å². The number of nitrogens with one attached hydrogen (secondary N) is 2. The maximum absolute atomic E-state index is 5.76. The van der Waals surface area contributed by atoms with E-state index in [0.717, 1.165) is 55.9 Å². The molecule has 0 radical (unpaired) electrons. The third kappa shape index (κ3) is 11.2. The SMILES string of the molecule is CN(C)CCCOc1[nH]ncc1Cc1ccccc1.CN(C)CCCOc1cc(Cc2ccccc2)[nH]n1. The summed E-state index contributed by atoms with van der Waals surface area (Å²) >= 11 is 0. The van der Waals surface area contributed by atoms with E-state index in [1.54, 1.807) is 0 Å². The van der Waals surface area contributed by atoms with E-state index in [0.29, 0.717) is 19.1 Å². The van der Waals surface area contributed by atoms with Gasteiger partial charge in [0.25, 0.3) is 0 Å². The molecule has 8 heteroatoms. The van der Waals surface area contributed by atoms with E-state index in [4.69, 9.17) is 9.47 Å². The Bertz CT molecular complexity index is 1140. The minimum Gasteiger partial charge on any atom is -0.478 e. The van der Waals surface area contributed by atoms with Crippen LogP contribution < -0.4 is 9.47 Å². The fraction of sp³-hybridized carbons (Fsp3) is 0.400. The van der Waals surface area contributed by atoms with E-state index in [1.165, 1.54) is 11.1 Å². The van der Waals surface area contributed by atoms with Gasteiger partial charge < -0.3 is 19.3 Å². The van der Waals surface area contributed by atoms with Crippen LogP contribution in [0.25, 0.3) is 0 Å². The lowest BCUT2D eigenvalue weighted by Gasteiger charge is -2.10. The molecule has 0 fully saturated rings. The van der Waals surface area contributed by atoms with Gasteiger partial charge in [-0.15, -0.1) is 5.10 Å². The lowest BCUT2D eigenvalue weighted by Crippen LogP contribution is -2.15. The van der Waals surface area contributed by atoms with Gasteiger partial charge in [0.2, 0.25) is 11.8 Å². The predicted molar refractivity (Wildman–Crippen MR) is 153 cm³/mol. The molecule has 0 saturated heterocycles. The number of benzene rings is 2. The van der Waals surface area contributed by atoms with Gasteiger partial charge in [-0.25, -0.2) is 5.10 Å². The van der Waals surface area contributed by atoms with Crippen molar-refractivity contribution in [1.29, 1.82) is 0 Å². The molecule has 0 aliphatic rings. The molecule has 38 heavy (non-hydrogen) atoms. The molecular weight excluding hydrogens is 476 g/mol. The largest absolute Gasteiger partial charge is 0.478 e. The molecule has 4 rings (SSSR count). The summed E-state index contributed by atoms with van der Waals surface area (Å²) in [5.41, 5.74) is 4.72. The van der Waals surface area contributed by atoms with Gasteiger partial charge in [-0.05, 0) is 52.2 Å². The fourth-order valence-corrected chi connectivity index (χ4v) is 3.80. The van der Waals surface area contributed by atoms with Crippen molar-refractivity contribution < 1.29 is 9.47 Å². The van der Waals surface area contributed by atoms with Crippen LogP contribution in [0.4, 0.5) is 0 Å². The number of hydrogen-bond acceptors (Lipinski definition) is 6. The van der Waals surface area contributed by atoms with Gasteiger partial charge in [0.1, 0.15) is 0 Å². The Kier molecular flexibility index (Phi) is 12.4. The van der Waals surface area contributed by atoms with Crippen LogP contribution >= 0.6 is 0 Å². The summed E-state index contributed by atoms with van der Waals surface area (Å²) in [4.78, 5) is 4.30. The molecule has 8 nitrogen and oxygen atoms in total. The number of nitrogens with zero attached hydrogens (tertiary/aromatic N) is 4. The van der Waals surface area contributed by atoms with E-state index >= 15 is 0 Å². The Morgan fingerprint density at radius 2 is 1.29 bits per heavy atom. The van der Waals surface area contributed by atoms with Crippen LogP contribution in [0.1, 0.15) is 35.2 Å². The highest BCUT2D eigenvalue weighted by Crippen LogP contribution is 2.18. The van der Waals surface area contributed by atoms with Gasteiger partial charge >= 0.3 is 0 Å². The number of H-pyrrole nitrogens is 2. The number of ether oxygens (including phenoxy) is 2. The smallest absolute Gasteiger partial charge is 0.232 e. The average molecular weight is 519 g/mol. The lowest BCUT2D eigenvalue weighted by molar-refractivity contribution is 0.271. The zero-order valence-electron chi connectivity index (χ0n) is 23.2. The van der Waals surface area contributed by atoms with Crippen LogP contribution in [-0.4, -0.2) is 84.7 Å². The minimum absolute atomic E-state index is 0.685. The van der Waals surface area contributed by atoms with Gasteiger partial charge in [-0.2, -0.15) is 5.10 Å². The summed E-state index contributed by atoms with van der Waals surface area (Å²) < 4.78 is 11.4. The molecular formula is C30H42N6O2. The summed E-state index contributed by atoms with van der Waals surface area (Å²) in [6.07, 6.45) is 5.56. The quantitative estimate of drug-likeness (QED) is 0.236. The Morgan fingerprint density at radius 3 is 1.89 bits per heavy atom. The molecule has 0 unspecified atom stereocenters. The standard InChI is InChI=1S/2C15H21N3O/c1-18(2)9-6-10-19-15-14(12-16-17-15)11-13-7-4-3-5-8-13;1-18(2)9-6-10-19-15-12-14(16-17-15)11-13-7-4-3-5-8-13/h2*3-5,7-8,12H,6,9-11H2,1-2H3,(H,16,17). The normalized spacial score (nSPS) is 10.9. The maximum Gasteiger partial charge on any atom is 0.232 e. The monoisotopic (exact) mass is 518 g/mol. The summed E-state index contributed by atoms with van der Waals surface area (Å²) in [5.74, 6) is 1.48. The average Bonchev–Trinajstić information content (AvgIpc) is 3.55. The van der Waals surface area contributed by atoms with E-state index in [-0.39, 0.29) is 0 Å². The summed E-state index contributed by atoms with van der Waals surface area (Å²) in [5, 5.41) is 14.2. The number of aromatic amines is 2. The van der Waals surface area contributed by atoms with Crippen molar-refractivity contribution in [2.45, 2.75) is 25.7 Å². The van der Waals surface area contributed by atoms with Gasteiger partial charge in [0.15, 0.2) is 0 Å². The van der Waals surface area contributed by atoms with E-state index in [1.807, 2.05) is 48.7 Å². The third-order valence-corrected chi connectivity index (χ3v) is 5.76. The highest BCUT2D eigenvalue weighted by atomic mass is 16.5. The number of aromatic nitrogens is 4. The molecule has 2 N–H and O–H groups in total. The van der Waals surface area contributed by atoms with E-state index in [2.05, 4.69) is 82.7 Å². The highest BCUT2D eigenvalue weighted by molar-refractivity contribution is 5.30. The highest BCUT2D eigenvalue weighted by Gasteiger charge is 2.07. The molecule has 0 atom stereocenters. The second-order valence-corrected chi connectivity index (χ2v) is 9.79. The maximum atomic E-state index is 5.76. The van der Waals surface area contributed by atoms with Crippen molar-refractivity contribution >= 4 is 0 Å². The van der Waals surface area contributed by atoms with Crippen LogP contribution in [0.5, 0.6) is 11.8 Å². The molecule has 2 heterocycles. The first-order valence-corrected chi connectivity index (χ1v) is 13.2. The van der Waals surface area contributed by atoms with Crippen molar-refractivity contribution in [3.63, 3.8) is 0 Å². The van der Waals surface area contributed by atoms with E-state index < -0.39 is 0 Å². The van der Waals surface area contributed by atoms with Crippen LogP contribution in [0, 0.1) is 0 Å². The van der Waals surface area contributed by atoms with Gasteiger partial charge in [-0.1, -0.05) is 60.7 Å². The van der Waals surface area contributed by atoms with Gasteiger partial charge in [0, 0.05) is 43.3 Å². The first-order valence-electron chi connectivity index (χ1n) is 13.2. The summed E-state index contributed by atoms with van der Waals surface area (Å²) in [7, 11) is 8.26. The molecule has 0 bridgehead atoms. The molecule has 0 saturated carbocycles. The Morgan fingerprint density at radius 1 is 0.711 bits per heavy atom. The zero-order chi connectivity index (χ0) is 27.0. The first-order chi connectivity index (χ1) is 18.5. The molecule has 0 aliphatic carbocycles. The lowest BCUT2D eigenvalue weighted by atomic mass is 10.1. The zero-order valence-corrected chi connectivity index (χ0v) is 23.2. The van der Waals surface area contributed by atoms with E-state index in [9.17, 15) is 0 Å². The Hall–Kier alpha value is -3.62. The minimum atomic E-state index is 0.685. The van der Waals surface area contributed by atoms with Gasteiger partial charge in [0.05, 0.1) is 19.4 Å². The van der Waals surface area contributed by atoms with Crippen LogP contribution in [-0.2, 0) is 12.8 Å². The number of rotatable bonds is 14. The molecule has 0 aliphatic heterocycles. The topological polar surface area (TPSA) is 82.3 Å². The number of hydrogen-bond donors (Lipinski definition) is 2. The van der Waals surface area contributed by atoms with Crippen molar-refractivity contribution in [3.05, 3.63) is 95.3 Å². The molecule has 0 spiro atoms. The fourth-order valence-electron chi connectivity index (χ4n) is 3.80. The summed E-state index contributed by atoms with van der Waals surface area (Å²) in [6, 6.07) is 22.7. The van der Waals surface area contributed by atoms with Gasteiger partial charge in [-0.3, -0.25) is 5.10 Å². The molecule has 2 aromatic heterocycles. The summed E-state index contributed by atoms with van der Waals surface area (Å²) in [6.45, 7) is 3.47. The van der Waals surface area contributed by atoms with Crippen molar-refractivity contribution in [1.82, 2.24) is 30.2 Å². The first kappa shape index (κ1) is 28.9. The van der Waals surface area contributed by atoms with Crippen molar-refractivity contribution in [2.24, 2.45) is 0 Å². The Labute approximate surface area is 227 Å². The van der Waals surface area contributed by atoms with Crippen LogP contribution in [0.2, 0.25) is 0 Å². The van der Waals surface area contributed by atoms with Crippen molar-refractivity contribution in [2.75, 3.05) is 54.5 Å². The van der Waals surface area contributed by atoms with Crippen LogP contribution in [0.3, 0.4) is 0 Å². The molecule has 4 aromatic rings. The molecule has 0 amide bonds. The molecule has 2 aromatic carbocycles. The second-order valence-electron chi connectivity index (χ2n) is 9.79. The van der Waals surface area contributed by atoms with Crippen molar-refractivity contribution in [3.8, 4) is 11.8 Å².